The van der Waals surface area contributed by atoms with Crippen LogP contribution in [0.1, 0.15) is 0 Å². The number of para-hydroxylation sites is 1. The number of pyridine rings is 1. The fraction of sp³-hybridized carbons (Fsp3) is 0. The van der Waals surface area contributed by atoms with Gasteiger partial charge in [-0.15, -0.1) is 0 Å². The topological polar surface area (TPSA) is 41.6 Å². The number of hydrogen-bond donors (Lipinski definition) is 1. The third kappa shape index (κ3) is 1.75. The first kappa shape index (κ1) is 11.4. The van der Waals surface area contributed by atoms with Crippen molar-refractivity contribution in [2.24, 2.45) is 0 Å². The number of aromatic amines is 1. The van der Waals surface area contributed by atoms with Gasteiger partial charge in [-0.3, -0.25) is 4.98 Å². The maximum Gasteiger partial charge on any atom is 0.138 e. The van der Waals surface area contributed by atoms with Crippen LogP contribution in [-0.4, -0.2) is 15.0 Å². The molecule has 2 aromatic carbocycles. The molecule has 0 amide bonds. The van der Waals surface area contributed by atoms with Gasteiger partial charge in [0.15, 0.2) is 0 Å². The van der Waals surface area contributed by atoms with Crippen molar-refractivity contribution in [3.63, 3.8) is 0 Å². The van der Waals surface area contributed by atoms with E-state index in [1.807, 2.05) is 42.5 Å². The Kier molecular flexibility index (Phi) is 2.47. The molecule has 4 aromatic rings. The number of aromatic nitrogens is 3. The summed E-state index contributed by atoms with van der Waals surface area (Å²) in [6.45, 7) is 0. The van der Waals surface area contributed by atoms with Crippen LogP contribution in [-0.2, 0) is 0 Å². The van der Waals surface area contributed by atoms with E-state index in [2.05, 4.69) is 21.0 Å². The normalized spacial score (nSPS) is 11.2. The molecule has 0 aliphatic rings. The third-order valence-electron chi connectivity index (χ3n) is 3.34. The molecule has 3 nitrogen and oxygen atoms in total. The molecule has 0 aliphatic carbocycles. The molecule has 2 aromatic heterocycles. The van der Waals surface area contributed by atoms with Crippen LogP contribution in [0.4, 0.5) is 0 Å². The fourth-order valence-corrected chi connectivity index (χ4v) is 2.57. The van der Waals surface area contributed by atoms with Crippen molar-refractivity contribution >= 4 is 33.5 Å². The average molecular weight is 280 g/mol. The van der Waals surface area contributed by atoms with Gasteiger partial charge in [-0.2, -0.15) is 0 Å². The summed E-state index contributed by atoms with van der Waals surface area (Å²) < 4.78 is 0. The van der Waals surface area contributed by atoms with Crippen LogP contribution in [0.3, 0.4) is 0 Å². The van der Waals surface area contributed by atoms with E-state index in [0.717, 1.165) is 33.3 Å². The molecule has 0 saturated heterocycles. The van der Waals surface area contributed by atoms with E-state index in [1.165, 1.54) is 0 Å². The second-order valence-corrected chi connectivity index (χ2v) is 5.04. The summed E-state index contributed by atoms with van der Waals surface area (Å²) in [4.78, 5) is 12.2. The van der Waals surface area contributed by atoms with Crippen LogP contribution in [0.25, 0.3) is 33.3 Å². The van der Waals surface area contributed by atoms with E-state index in [9.17, 15) is 0 Å². The third-order valence-corrected chi connectivity index (χ3v) is 3.64. The molecule has 4 heteroatoms. The van der Waals surface area contributed by atoms with Crippen molar-refractivity contribution in [2.45, 2.75) is 0 Å². The lowest BCUT2D eigenvalue weighted by Gasteiger charge is -1.99. The van der Waals surface area contributed by atoms with Crippen molar-refractivity contribution in [1.82, 2.24) is 15.0 Å². The summed E-state index contributed by atoms with van der Waals surface area (Å²) in [5.74, 6) is 0.818. The summed E-state index contributed by atoms with van der Waals surface area (Å²) in [6.07, 6.45) is 1.79. The molecule has 0 aliphatic heterocycles. The van der Waals surface area contributed by atoms with Crippen molar-refractivity contribution < 1.29 is 0 Å². The van der Waals surface area contributed by atoms with Gasteiger partial charge in [-0.05, 0) is 36.4 Å². The molecule has 4 rings (SSSR count). The highest BCUT2D eigenvalue weighted by Crippen LogP contribution is 2.27. The molecule has 0 fully saturated rings. The van der Waals surface area contributed by atoms with E-state index in [0.29, 0.717) is 5.02 Å². The first-order valence-electron chi connectivity index (χ1n) is 6.31. The SMILES string of the molecule is Clc1cccc2[nH]c(-c3ccc4ncccc4c3)nc12. The second kappa shape index (κ2) is 4.32. The van der Waals surface area contributed by atoms with Crippen LogP contribution in [0.2, 0.25) is 5.02 Å². The van der Waals surface area contributed by atoms with Crippen LogP contribution in [0.5, 0.6) is 0 Å². The minimum Gasteiger partial charge on any atom is -0.338 e. The first-order valence-corrected chi connectivity index (χ1v) is 6.68. The van der Waals surface area contributed by atoms with Gasteiger partial charge in [0.05, 0.1) is 16.1 Å². The average Bonchev–Trinajstić information content (AvgIpc) is 2.92. The van der Waals surface area contributed by atoms with Gasteiger partial charge >= 0.3 is 0 Å². The maximum absolute atomic E-state index is 6.16. The molecular formula is C16H10ClN3. The Morgan fingerprint density at radius 3 is 2.85 bits per heavy atom. The van der Waals surface area contributed by atoms with Crippen molar-refractivity contribution in [1.29, 1.82) is 0 Å². The van der Waals surface area contributed by atoms with Crippen LogP contribution < -0.4 is 0 Å². The number of imidazole rings is 1. The van der Waals surface area contributed by atoms with Gasteiger partial charge in [-0.1, -0.05) is 23.7 Å². The zero-order valence-corrected chi connectivity index (χ0v) is 11.2. The maximum atomic E-state index is 6.16. The zero-order valence-electron chi connectivity index (χ0n) is 10.5. The lowest BCUT2D eigenvalue weighted by Crippen LogP contribution is -1.82. The highest BCUT2D eigenvalue weighted by atomic mass is 35.5. The highest BCUT2D eigenvalue weighted by Gasteiger charge is 2.08. The Morgan fingerprint density at radius 1 is 1.00 bits per heavy atom. The number of hydrogen-bond acceptors (Lipinski definition) is 2. The molecule has 20 heavy (non-hydrogen) atoms. The molecule has 0 radical (unpaired) electrons. The van der Waals surface area contributed by atoms with E-state index >= 15 is 0 Å². The second-order valence-electron chi connectivity index (χ2n) is 4.63. The van der Waals surface area contributed by atoms with E-state index in [1.54, 1.807) is 6.20 Å². The Labute approximate surface area is 120 Å². The first-order chi connectivity index (χ1) is 9.81. The highest BCUT2D eigenvalue weighted by molar-refractivity contribution is 6.35. The lowest BCUT2D eigenvalue weighted by molar-refractivity contribution is 1.33. The molecule has 0 spiro atoms. The number of benzene rings is 2. The Bertz CT molecular complexity index is 927. The quantitative estimate of drug-likeness (QED) is 0.560. The van der Waals surface area contributed by atoms with Gasteiger partial charge in [-0.25, -0.2) is 4.98 Å². The molecule has 2 heterocycles. The molecular weight excluding hydrogens is 270 g/mol. The molecule has 0 unspecified atom stereocenters. The zero-order chi connectivity index (χ0) is 13.5. The minimum absolute atomic E-state index is 0.660. The number of fused-ring (bicyclic) bond motifs is 2. The largest absolute Gasteiger partial charge is 0.338 e. The predicted molar refractivity (Wildman–Crippen MR) is 81.8 cm³/mol. The summed E-state index contributed by atoms with van der Waals surface area (Å²) in [5.41, 5.74) is 3.75. The number of H-pyrrole nitrogens is 1. The Balaban J connectivity index is 1.94. The lowest BCUT2D eigenvalue weighted by atomic mass is 10.1. The molecule has 0 bridgehead atoms. The molecule has 1 N–H and O–H groups in total. The van der Waals surface area contributed by atoms with Crippen LogP contribution in [0.15, 0.2) is 54.7 Å². The van der Waals surface area contributed by atoms with E-state index in [4.69, 9.17) is 11.6 Å². The number of nitrogens with zero attached hydrogens (tertiary/aromatic N) is 2. The van der Waals surface area contributed by atoms with E-state index < -0.39 is 0 Å². The Morgan fingerprint density at radius 2 is 1.95 bits per heavy atom. The van der Waals surface area contributed by atoms with Crippen molar-refractivity contribution in [3.05, 3.63) is 59.8 Å². The van der Waals surface area contributed by atoms with Gasteiger partial charge in [0, 0.05) is 17.1 Å². The molecule has 0 saturated carbocycles. The van der Waals surface area contributed by atoms with Crippen molar-refractivity contribution in [3.8, 4) is 11.4 Å². The molecule has 96 valence electrons. The monoisotopic (exact) mass is 279 g/mol. The number of rotatable bonds is 1. The molecule has 0 atom stereocenters. The van der Waals surface area contributed by atoms with Crippen LogP contribution in [0, 0.1) is 0 Å². The smallest absolute Gasteiger partial charge is 0.138 e. The number of nitrogens with one attached hydrogen (secondary N) is 1. The predicted octanol–water partition coefficient (Wildman–Crippen LogP) is 4.43. The standard InChI is InChI=1S/C16H10ClN3/c17-12-4-1-5-14-15(12)20-16(19-14)11-6-7-13-10(9-11)3-2-8-18-13/h1-9H,(H,19,20). The summed E-state index contributed by atoms with van der Waals surface area (Å²) >= 11 is 6.16. The summed E-state index contributed by atoms with van der Waals surface area (Å²) in [5, 5.41) is 1.75. The minimum atomic E-state index is 0.660. The van der Waals surface area contributed by atoms with Gasteiger partial charge in [0.2, 0.25) is 0 Å². The number of halogens is 1. The Hall–Kier alpha value is -2.39. The van der Waals surface area contributed by atoms with Crippen molar-refractivity contribution in [2.75, 3.05) is 0 Å². The van der Waals surface area contributed by atoms with Gasteiger partial charge in [0.1, 0.15) is 11.3 Å². The van der Waals surface area contributed by atoms with Gasteiger partial charge in [0.25, 0.3) is 0 Å². The van der Waals surface area contributed by atoms with Crippen LogP contribution >= 0.6 is 11.6 Å². The van der Waals surface area contributed by atoms with Gasteiger partial charge < -0.3 is 4.98 Å². The summed E-state index contributed by atoms with van der Waals surface area (Å²) in [6, 6.07) is 15.8. The van der Waals surface area contributed by atoms with E-state index in [-0.39, 0.29) is 0 Å². The summed E-state index contributed by atoms with van der Waals surface area (Å²) in [7, 11) is 0. The fourth-order valence-electron chi connectivity index (χ4n) is 2.36.